The summed E-state index contributed by atoms with van der Waals surface area (Å²) in [5, 5.41) is 3.99. The van der Waals surface area contributed by atoms with Crippen LogP contribution in [0.3, 0.4) is 0 Å². The number of halogens is 1. The Morgan fingerprint density at radius 1 is 1.07 bits per heavy atom. The predicted molar refractivity (Wildman–Crippen MR) is 92.7 cm³/mol. The zero-order valence-corrected chi connectivity index (χ0v) is 14.1. The standard InChI is InChI=1S/C19H14FN5O2/c20-13-6-4-12(5-7-13)16-9-25-11-22-17(15(25)10-26-16)19-23-18(24-27-19)14-3-1-2-8-21-14/h1-8,11,16H,9-10H2/t16-/m0/s1. The van der Waals surface area contributed by atoms with Gasteiger partial charge in [-0.25, -0.2) is 9.37 Å². The molecule has 5 rings (SSSR count). The van der Waals surface area contributed by atoms with Gasteiger partial charge in [-0.2, -0.15) is 4.98 Å². The van der Waals surface area contributed by atoms with Crippen LogP contribution in [0, 0.1) is 5.82 Å². The van der Waals surface area contributed by atoms with Gasteiger partial charge in [0.2, 0.25) is 5.82 Å². The molecule has 1 aliphatic heterocycles. The highest BCUT2D eigenvalue weighted by Gasteiger charge is 2.26. The monoisotopic (exact) mass is 363 g/mol. The Morgan fingerprint density at radius 3 is 2.78 bits per heavy atom. The summed E-state index contributed by atoms with van der Waals surface area (Å²) in [7, 11) is 0. The minimum Gasteiger partial charge on any atom is -0.365 e. The fraction of sp³-hybridized carbons (Fsp3) is 0.158. The number of aromatic nitrogens is 5. The number of hydrogen-bond donors (Lipinski definition) is 0. The second kappa shape index (κ2) is 6.40. The van der Waals surface area contributed by atoms with Gasteiger partial charge in [0.1, 0.15) is 17.6 Å². The average Bonchev–Trinajstić information content (AvgIpc) is 3.36. The van der Waals surface area contributed by atoms with Gasteiger partial charge in [-0.1, -0.05) is 23.4 Å². The van der Waals surface area contributed by atoms with Crippen molar-refractivity contribution >= 4 is 0 Å². The van der Waals surface area contributed by atoms with Crippen LogP contribution < -0.4 is 0 Å². The lowest BCUT2D eigenvalue weighted by atomic mass is 10.1. The number of nitrogens with zero attached hydrogens (tertiary/aromatic N) is 5. The predicted octanol–water partition coefficient (Wildman–Crippen LogP) is 3.41. The van der Waals surface area contributed by atoms with Crippen LogP contribution in [0.4, 0.5) is 4.39 Å². The van der Waals surface area contributed by atoms with Gasteiger partial charge in [0.15, 0.2) is 5.69 Å². The van der Waals surface area contributed by atoms with Crippen molar-refractivity contribution in [2.45, 2.75) is 19.3 Å². The molecule has 0 radical (unpaired) electrons. The zero-order valence-electron chi connectivity index (χ0n) is 14.1. The lowest BCUT2D eigenvalue weighted by Gasteiger charge is -2.25. The second-order valence-electron chi connectivity index (χ2n) is 6.18. The molecular weight excluding hydrogens is 349 g/mol. The maximum Gasteiger partial charge on any atom is 0.278 e. The van der Waals surface area contributed by atoms with Crippen molar-refractivity contribution in [2.75, 3.05) is 0 Å². The molecule has 1 atom stereocenters. The SMILES string of the molecule is Fc1ccc([C@@H]2Cn3cnc(-c4nc(-c5ccccn5)no4)c3CO2)cc1. The third kappa shape index (κ3) is 2.89. The summed E-state index contributed by atoms with van der Waals surface area (Å²) >= 11 is 0. The maximum absolute atomic E-state index is 13.1. The van der Waals surface area contributed by atoms with E-state index in [0.717, 1.165) is 11.3 Å². The molecule has 1 aliphatic rings. The summed E-state index contributed by atoms with van der Waals surface area (Å²) in [4.78, 5) is 13.0. The first-order chi connectivity index (χ1) is 13.3. The molecule has 8 heteroatoms. The number of fused-ring (bicyclic) bond motifs is 1. The molecule has 27 heavy (non-hydrogen) atoms. The van der Waals surface area contributed by atoms with E-state index in [9.17, 15) is 4.39 Å². The van der Waals surface area contributed by atoms with Gasteiger partial charge in [0.25, 0.3) is 5.89 Å². The van der Waals surface area contributed by atoms with Crippen LogP contribution in [0.15, 0.2) is 59.5 Å². The number of rotatable bonds is 3. The first-order valence-electron chi connectivity index (χ1n) is 8.44. The Labute approximate surface area is 153 Å². The molecule has 134 valence electrons. The van der Waals surface area contributed by atoms with E-state index in [-0.39, 0.29) is 11.9 Å². The molecule has 0 saturated carbocycles. The van der Waals surface area contributed by atoms with Crippen LogP contribution in [0.5, 0.6) is 0 Å². The molecule has 4 heterocycles. The summed E-state index contributed by atoms with van der Waals surface area (Å²) in [6.07, 6.45) is 3.24. The Morgan fingerprint density at radius 2 is 1.96 bits per heavy atom. The van der Waals surface area contributed by atoms with Crippen molar-refractivity contribution in [3.8, 4) is 23.1 Å². The van der Waals surface area contributed by atoms with Crippen molar-refractivity contribution in [3.05, 3.63) is 72.1 Å². The normalized spacial score (nSPS) is 16.3. The fourth-order valence-corrected chi connectivity index (χ4v) is 3.10. The Bertz CT molecular complexity index is 1080. The highest BCUT2D eigenvalue weighted by molar-refractivity contribution is 5.56. The lowest BCUT2D eigenvalue weighted by molar-refractivity contribution is 0.00326. The van der Waals surface area contributed by atoms with Crippen molar-refractivity contribution in [1.82, 2.24) is 24.7 Å². The van der Waals surface area contributed by atoms with Gasteiger partial charge in [0, 0.05) is 6.20 Å². The van der Waals surface area contributed by atoms with Crippen LogP contribution in [0.25, 0.3) is 23.1 Å². The van der Waals surface area contributed by atoms with E-state index >= 15 is 0 Å². The minimum atomic E-state index is -0.264. The molecule has 0 fully saturated rings. The first kappa shape index (κ1) is 15.8. The van der Waals surface area contributed by atoms with Gasteiger partial charge >= 0.3 is 0 Å². The minimum absolute atomic E-state index is 0.160. The summed E-state index contributed by atoms with van der Waals surface area (Å²) in [5.41, 5.74) is 3.02. The Balaban J connectivity index is 1.42. The van der Waals surface area contributed by atoms with E-state index in [1.807, 2.05) is 22.8 Å². The third-order valence-electron chi connectivity index (χ3n) is 4.49. The summed E-state index contributed by atoms with van der Waals surface area (Å²) in [6.45, 7) is 0.924. The summed E-state index contributed by atoms with van der Waals surface area (Å²) in [5.74, 6) is 0.474. The summed E-state index contributed by atoms with van der Waals surface area (Å²) < 4.78 is 26.5. The smallest absolute Gasteiger partial charge is 0.278 e. The zero-order chi connectivity index (χ0) is 18.2. The van der Waals surface area contributed by atoms with Gasteiger partial charge in [-0.15, -0.1) is 0 Å². The average molecular weight is 363 g/mol. The molecule has 0 amide bonds. The van der Waals surface area contributed by atoms with Crippen molar-refractivity contribution in [1.29, 1.82) is 0 Å². The van der Waals surface area contributed by atoms with Crippen molar-refractivity contribution in [3.63, 3.8) is 0 Å². The van der Waals surface area contributed by atoms with Gasteiger partial charge in [-0.05, 0) is 29.8 Å². The van der Waals surface area contributed by atoms with Crippen molar-refractivity contribution < 1.29 is 13.7 Å². The van der Waals surface area contributed by atoms with Crippen molar-refractivity contribution in [2.24, 2.45) is 0 Å². The van der Waals surface area contributed by atoms with Crippen LogP contribution in [0.2, 0.25) is 0 Å². The van der Waals surface area contributed by atoms with E-state index in [4.69, 9.17) is 9.26 Å². The number of pyridine rings is 1. The number of hydrogen-bond acceptors (Lipinski definition) is 6. The lowest BCUT2D eigenvalue weighted by Crippen LogP contribution is -2.20. The highest BCUT2D eigenvalue weighted by atomic mass is 19.1. The molecule has 7 nitrogen and oxygen atoms in total. The summed E-state index contributed by atoms with van der Waals surface area (Å²) in [6, 6.07) is 11.8. The van der Waals surface area contributed by atoms with Crippen LogP contribution in [-0.2, 0) is 17.9 Å². The van der Waals surface area contributed by atoms with Crippen LogP contribution in [0.1, 0.15) is 17.4 Å². The molecule has 1 aromatic carbocycles. The molecule has 0 aliphatic carbocycles. The van der Waals surface area contributed by atoms with Gasteiger partial charge in [-0.3, -0.25) is 4.98 Å². The van der Waals surface area contributed by atoms with E-state index in [1.54, 1.807) is 24.7 Å². The Kier molecular flexibility index (Phi) is 3.75. The van der Waals surface area contributed by atoms with E-state index in [0.29, 0.717) is 36.3 Å². The number of benzene rings is 1. The first-order valence-corrected chi connectivity index (χ1v) is 8.44. The molecule has 0 spiro atoms. The number of ether oxygens (including phenoxy) is 1. The quantitative estimate of drug-likeness (QED) is 0.555. The highest BCUT2D eigenvalue weighted by Crippen LogP contribution is 2.31. The molecule has 4 aromatic rings. The van der Waals surface area contributed by atoms with Gasteiger partial charge in [0.05, 0.1) is 25.2 Å². The molecule has 0 N–H and O–H groups in total. The van der Waals surface area contributed by atoms with E-state index < -0.39 is 0 Å². The largest absolute Gasteiger partial charge is 0.365 e. The second-order valence-corrected chi connectivity index (χ2v) is 6.18. The van der Waals surface area contributed by atoms with Gasteiger partial charge < -0.3 is 13.8 Å². The Hall–Kier alpha value is -3.39. The fourth-order valence-electron chi connectivity index (χ4n) is 3.10. The third-order valence-corrected chi connectivity index (χ3v) is 4.49. The van der Waals surface area contributed by atoms with E-state index in [1.165, 1.54) is 12.1 Å². The molecule has 0 unspecified atom stereocenters. The molecular formula is C19H14FN5O2. The number of imidazole rings is 1. The maximum atomic E-state index is 13.1. The van der Waals surface area contributed by atoms with Crippen LogP contribution in [-0.4, -0.2) is 24.7 Å². The molecule has 0 bridgehead atoms. The van der Waals surface area contributed by atoms with E-state index in [2.05, 4.69) is 20.1 Å². The molecule has 0 saturated heterocycles. The molecule has 3 aromatic heterocycles. The topological polar surface area (TPSA) is 78.9 Å². The van der Waals surface area contributed by atoms with Crippen LogP contribution >= 0.6 is 0 Å².